The van der Waals surface area contributed by atoms with Crippen LogP contribution in [0.3, 0.4) is 0 Å². The normalized spacial score (nSPS) is 35.1. The second kappa shape index (κ2) is 11.4. The summed E-state index contributed by atoms with van der Waals surface area (Å²) < 4.78 is 0. The van der Waals surface area contributed by atoms with Crippen LogP contribution in [0.5, 0.6) is 0 Å². The van der Waals surface area contributed by atoms with Crippen LogP contribution in [0.15, 0.2) is 0 Å². The molecule has 3 aliphatic carbocycles. The van der Waals surface area contributed by atoms with Crippen LogP contribution in [-0.4, -0.2) is 57.9 Å². The molecule has 1 aliphatic heterocycles. The van der Waals surface area contributed by atoms with Crippen molar-refractivity contribution in [3.05, 3.63) is 0 Å². The summed E-state index contributed by atoms with van der Waals surface area (Å²) in [6.45, 7) is 4.49. The smallest absolute Gasteiger partial charge is 0.237 e. The third-order valence-electron chi connectivity index (χ3n) is 9.95. The van der Waals surface area contributed by atoms with Crippen molar-refractivity contribution < 1.29 is 14.7 Å². The molecular formula is C28H49N5O3. The third-order valence-corrected chi connectivity index (χ3v) is 9.95. The first-order valence-corrected chi connectivity index (χ1v) is 14.5. The first-order chi connectivity index (χ1) is 17.0. The summed E-state index contributed by atoms with van der Waals surface area (Å²) in [4.78, 5) is 28.0. The summed E-state index contributed by atoms with van der Waals surface area (Å²) in [5.74, 6) is 1.38. The number of amides is 2. The Balaban J connectivity index is 1.50. The summed E-state index contributed by atoms with van der Waals surface area (Å²) in [5, 5.41) is 22.4. The predicted molar refractivity (Wildman–Crippen MR) is 141 cm³/mol. The van der Waals surface area contributed by atoms with Gasteiger partial charge in [-0.05, 0) is 95.8 Å². The SMILES string of the molecule is CC(C)(O)[C@@H](NC(=O)C1CC2CCC(C(=N)N)CC2N1CC1CCC(C(N)=O)CC1)C1CCCCC1. The monoisotopic (exact) mass is 503 g/mol. The zero-order chi connectivity index (χ0) is 26.0. The van der Waals surface area contributed by atoms with E-state index in [-0.39, 0.29) is 47.6 Å². The molecule has 36 heavy (non-hydrogen) atoms. The molecule has 204 valence electrons. The van der Waals surface area contributed by atoms with E-state index in [0.29, 0.717) is 17.8 Å². The van der Waals surface area contributed by atoms with E-state index in [1.807, 2.05) is 13.8 Å². The number of hydrogen-bond donors (Lipinski definition) is 5. The maximum absolute atomic E-state index is 13.9. The number of amidine groups is 1. The van der Waals surface area contributed by atoms with Crippen molar-refractivity contribution >= 4 is 17.6 Å². The molecular weight excluding hydrogens is 454 g/mol. The highest BCUT2D eigenvalue weighted by Crippen LogP contribution is 2.44. The van der Waals surface area contributed by atoms with Crippen LogP contribution in [-0.2, 0) is 9.59 Å². The number of nitrogens with one attached hydrogen (secondary N) is 2. The third kappa shape index (κ3) is 6.24. The molecule has 0 aromatic carbocycles. The standard InChI is InChI=1S/C28H49N5O3/c1-28(2,36)24(18-6-4-3-5-7-18)32-27(35)23-14-20-12-13-21(25(29)30)15-22(20)33(23)16-17-8-10-19(11-9-17)26(31)34/h17-24,36H,3-16H2,1-2H3,(H3,29,30)(H2,31,34)(H,32,35)/t17?,19?,20?,21?,22?,23?,24-/m0/s1. The zero-order valence-corrected chi connectivity index (χ0v) is 22.4. The quantitative estimate of drug-likeness (QED) is 0.255. The van der Waals surface area contributed by atoms with Gasteiger partial charge < -0.3 is 21.9 Å². The number of nitrogens with zero attached hydrogens (tertiary/aromatic N) is 1. The van der Waals surface area contributed by atoms with Gasteiger partial charge in [-0.2, -0.15) is 0 Å². The zero-order valence-electron chi connectivity index (χ0n) is 22.4. The summed E-state index contributed by atoms with van der Waals surface area (Å²) in [6, 6.07) is -0.203. The Bertz CT molecular complexity index is 797. The van der Waals surface area contributed by atoms with Crippen LogP contribution in [0.4, 0.5) is 0 Å². The summed E-state index contributed by atoms with van der Waals surface area (Å²) in [6.07, 6.45) is 12.8. The highest BCUT2D eigenvalue weighted by Gasteiger charge is 2.49. The number of likely N-dealkylation sites (tertiary alicyclic amines) is 1. The van der Waals surface area contributed by atoms with Crippen LogP contribution in [0, 0.1) is 35.0 Å². The van der Waals surface area contributed by atoms with Crippen LogP contribution in [0.1, 0.15) is 97.3 Å². The van der Waals surface area contributed by atoms with Gasteiger partial charge in [0.25, 0.3) is 0 Å². The van der Waals surface area contributed by atoms with Gasteiger partial charge in [-0.25, -0.2) is 0 Å². The van der Waals surface area contributed by atoms with Crippen LogP contribution >= 0.6 is 0 Å². The molecule has 3 saturated carbocycles. The van der Waals surface area contributed by atoms with Gasteiger partial charge in [0.2, 0.25) is 11.8 Å². The Kier molecular flexibility index (Phi) is 8.65. The molecule has 5 atom stereocenters. The molecule has 8 heteroatoms. The number of hydrogen-bond acceptors (Lipinski definition) is 5. The van der Waals surface area contributed by atoms with Gasteiger partial charge in [-0.15, -0.1) is 0 Å². The molecule has 4 aliphatic rings. The molecule has 8 nitrogen and oxygen atoms in total. The molecule has 0 aromatic rings. The Morgan fingerprint density at radius 1 is 0.972 bits per heavy atom. The van der Waals surface area contributed by atoms with E-state index >= 15 is 0 Å². The van der Waals surface area contributed by atoms with Gasteiger partial charge >= 0.3 is 0 Å². The van der Waals surface area contributed by atoms with E-state index < -0.39 is 5.60 Å². The van der Waals surface area contributed by atoms with Gasteiger partial charge in [0.1, 0.15) is 0 Å². The molecule has 0 bridgehead atoms. The maximum atomic E-state index is 13.9. The Labute approximate surface area is 216 Å². The van der Waals surface area contributed by atoms with Crippen LogP contribution in [0.25, 0.3) is 0 Å². The van der Waals surface area contributed by atoms with Gasteiger partial charge in [0, 0.05) is 24.4 Å². The van der Waals surface area contributed by atoms with Crippen molar-refractivity contribution in [2.75, 3.05) is 6.54 Å². The van der Waals surface area contributed by atoms with E-state index in [4.69, 9.17) is 16.9 Å². The number of carbonyl (C=O) groups is 2. The summed E-state index contributed by atoms with van der Waals surface area (Å²) in [5.41, 5.74) is 10.5. The molecule has 7 N–H and O–H groups in total. The second-order valence-corrected chi connectivity index (χ2v) is 12.9. The lowest BCUT2D eigenvalue weighted by Gasteiger charge is -2.41. The maximum Gasteiger partial charge on any atom is 0.237 e. The number of aliphatic hydroxyl groups is 1. The van der Waals surface area contributed by atoms with Gasteiger partial charge in [-0.1, -0.05) is 19.3 Å². The number of primary amides is 1. The fraction of sp³-hybridized carbons (Fsp3) is 0.893. The minimum Gasteiger partial charge on any atom is -0.388 e. The first-order valence-electron chi connectivity index (χ1n) is 14.5. The van der Waals surface area contributed by atoms with E-state index in [9.17, 15) is 14.7 Å². The molecule has 1 saturated heterocycles. The lowest BCUT2D eigenvalue weighted by Crippen LogP contribution is -2.58. The largest absolute Gasteiger partial charge is 0.388 e. The van der Waals surface area contributed by atoms with Crippen molar-refractivity contribution in [2.45, 2.75) is 121 Å². The van der Waals surface area contributed by atoms with Crippen molar-refractivity contribution in [2.24, 2.45) is 41.1 Å². The van der Waals surface area contributed by atoms with Crippen molar-refractivity contribution in [1.82, 2.24) is 10.2 Å². The molecule has 0 aromatic heterocycles. The number of carbonyl (C=O) groups excluding carboxylic acids is 2. The minimum absolute atomic E-state index is 0.0218. The average Bonchev–Trinajstić information content (AvgIpc) is 3.20. The summed E-state index contributed by atoms with van der Waals surface area (Å²) in [7, 11) is 0. The van der Waals surface area contributed by atoms with Gasteiger partial charge in [0.05, 0.1) is 23.5 Å². The Morgan fingerprint density at radius 2 is 1.61 bits per heavy atom. The Hall–Kier alpha value is -1.67. The molecule has 4 rings (SSSR count). The highest BCUT2D eigenvalue weighted by molar-refractivity contribution is 5.83. The number of nitrogens with two attached hydrogens (primary N) is 2. The van der Waals surface area contributed by atoms with E-state index in [1.54, 1.807) is 0 Å². The van der Waals surface area contributed by atoms with Crippen LogP contribution < -0.4 is 16.8 Å². The first kappa shape index (κ1) is 27.4. The fourth-order valence-electron chi connectivity index (χ4n) is 7.86. The second-order valence-electron chi connectivity index (χ2n) is 12.9. The van der Waals surface area contributed by atoms with Gasteiger partial charge in [-0.3, -0.25) is 19.9 Å². The highest BCUT2D eigenvalue weighted by atomic mass is 16.3. The lowest BCUT2D eigenvalue weighted by molar-refractivity contribution is -0.130. The molecule has 4 unspecified atom stereocenters. The van der Waals surface area contributed by atoms with E-state index in [0.717, 1.165) is 83.6 Å². The number of rotatable bonds is 8. The molecule has 0 spiro atoms. The topological polar surface area (TPSA) is 146 Å². The molecule has 0 radical (unpaired) electrons. The van der Waals surface area contributed by atoms with E-state index in [2.05, 4.69) is 10.2 Å². The molecule has 2 amide bonds. The number of fused-ring (bicyclic) bond motifs is 1. The lowest BCUT2D eigenvalue weighted by atomic mass is 9.77. The fourth-order valence-corrected chi connectivity index (χ4v) is 7.86. The predicted octanol–water partition coefficient (Wildman–Crippen LogP) is 2.91. The summed E-state index contributed by atoms with van der Waals surface area (Å²) >= 11 is 0. The van der Waals surface area contributed by atoms with Crippen molar-refractivity contribution in [1.29, 1.82) is 5.41 Å². The van der Waals surface area contributed by atoms with Gasteiger partial charge in [0.15, 0.2) is 0 Å². The van der Waals surface area contributed by atoms with Crippen LogP contribution in [0.2, 0.25) is 0 Å². The minimum atomic E-state index is -0.971. The van der Waals surface area contributed by atoms with Crippen molar-refractivity contribution in [3.63, 3.8) is 0 Å². The van der Waals surface area contributed by atoms with E-state index in [1.165, 1.54) is 6.42 Å². The average molecular weight is 504 g/mol. The van der Waals surface area contributed by atoms with Crippen molar-refractivity contribution in [3.8, 4) is 0 Å². The molecule has 4 fully saturated rings. The molecule has 1 heterocycles. The Morgan fingerprint density at radius 3 is 2.19 bits per heavy atom.